The van der Waals surface area contributed by atoms with Crippen molar-refractivity contribution < 1.29 is 19.1 Å². The lowest BCUT2D eigenvalue weighted by Crippen LogP contribution is -2.13. The first-order valence-electron chi connectivity index (χ1n) is 8.82. The van der Waals surface area contributed by atoms with Crippen LogP contribution in [0, 0.1) is 6.92 Å². The molecular formula is C21H24N2O4. The Morgan fingerprint density at radius 3 is 1.67 bits per heavy atom. The number of methoxy groups -OCH3 is 1. The molecule has 0 radical (unpaired) electrons. The van der Waals surface area contributed by atoms with Gasteiger partial charge in [0.05, 0.1) is 12.7 Å². The maximum atomic E-state index is 12.0. The van der Waals surface area contributed by atoms with Crippen LogP contribution >= 0.6 is 0 Å². The molecule has 0 aliphatic rings. The van der Waals surface area contributed by atoms with Crippen molar-refractivity contribution in [1.29, 1.82) is 0 Å². The number of carbonyl (C=O) groups is 3. The number of aryl methyl sites for hydroxylation is 1. The molecule has 0 aromatic heterocycles. The summed E-state index contributed by atoms with van der Waals surface area (Å²) in [6.45, 7) is 1.99. The first kappa shape index (κ1) is 20.2. The molecular weight excluding hydrogens is 344 g/mol. The fourth-order valence-electron chi connectivity index (χ4n) is 2.46. The van der Waals surface area contributed by atoms with E-state index in [0.717, 1.165) is 11.3 Å². The molecule has 6 heteroatoms. The lowest BCUT2D eigenvalue weighted by molar-refractivity contribution is -0.118. The molecule has 0 heterocycles. The molecule has 0 fully saturated rings. The van der Waals surface area contributed by atoms with Gasteiger partial charge in [-0.3, -0.25) is 9.59 Å². The van der Waals surface area contributed by atoms with Crippen molar-refractivity contribution in [3.63, 3.8) is 0 Å². The molecule has 2 aromatic rings. The average molecular weight is 368 g/mol. The smallest absolute Gasteiger partial charge is 0.337 e. The second-order valence-corrected chi connectivity index (χ2v) is 6.24. The molecule has 0 aliphatic carbocycles. The molecule has 2 amide bonds. The number of carbonyl (C=O) groups excluding carboxylic acids is 3. The number of esters is 1. The van der Waals surface area contributed by atoms with E-state index in [0.29, 0.717) is 36.9 Å². The first-order valence-corrected chi connectivity index (χ1v) is 8.82. The third-order valence-electron chi connectivity index (χ3n) is 3.98. The Morgan fingerprint density at radius 1 is 0.778 bits per heavy atom. The van der Waals surface area contributed by atoms with Crippen molar-refractivity contribution in [2.75, 3.05) is 17.7 Å². The third kappa shape index (κ3) is 6.93. The van der Waals surface area contributed by atoms with Crippen LogP contribution < -0.4 is 10.6 Å². The van der Waals surface area contributed by atoms with E-state index >= 15 is 0 Å². The van der Waals surface area contributed by atoms with Gasteiger partial charge in [0.15, 0.2) is 0 Å². The first-order chi connectivity index (χ1) is 13.0. The van der Waals surface area contributed by atoms with Gasteiger partial charge in [-0.15, -0.1) is 0 Å². The van der Waals surface area contributed by atoms with Crippen molar-refractivity contribution in [2.45, 2.75) is 32.6 Å². The van der Waals surface area contributed by atoms with Crippen molar-refractivity contribution in [3.8, 4) is 0 Å². The molecule has 27 heavy (non-hydrogen) atoms. The maximum Gasteiger partial charge on any atom is 0.337 e. The second-order valence-electron chi connectivity index (χ2n) is 6.24. The molecule has 0 bridgehead atoms. The van der Waals surface area contributed by atoms with E-state index < -0.39 is 5.97 Å². The maximum absolute atomic E-state index is 12.0. The van der Waals surface area contributed by atoms with Gasteiger partial charge in [-0.05, 0) is 56.2 Å². The highest BCUT2D eigenvalue weighted by molar-refractivity contribution is 5.93. The predicted octanol–water partition coefficient (Wildman–Crippen LogP) is 3.92. The Morgan fingerprint density at radius 2 is 1.22 bits per heavy atom. The zero-order valence-electron chi connectivity index (χ0n) is 15.6. The molecule has 2 rings (SSSR count). The van der Waals surface area contributed by atoms with Gasteiger partial charge in [0.2, 0.25) is 11.8 Å². The lowest BCUT2D eigenvalue weighted by atomic mass is 10.1. The third-order valence-corrected chi connectivity index (χ3v) is 3.98. The number of amides is 2. The topological polar surface area (TPSA) is 84.5 Å². The number of nitrogens with one attached hydrogen (secondary N) is 2. The number of unbranched alkanes of at least 4 members (excludes halogenated alkanes) is 1. The minimum absolute atomic E-state index is 0.0577. The summed E-state index contributed by atoms with van der Waals surface area (Å²) in [7, 11) is 1.32. The molecule has 0 saturated carbocycles. The highest BCUT2D eigenvalue weighted by Crippen LogP contribution is 2.12. The molecule has 0 saturated heterocycles. The van der Waals surface area contributed by atoms with Crippen LogP contribution in [0.1, 0.15) is 41.6 Å². The number of hydrogen-bond donors (Lipinski definition) is 2. The zero-order chi connectivity index (χ0) is 19.6. The fourth-order valence-corrected chi connectivity index (χ4v) is 2.46. The number of rotatable bonds is 8. The molecule has 142 valence electrons. The van der Waals surface area contributed by atoms with Crippen molar-refractivity contribution in [1.82, 2.24) is 0 Å². The van der Waals surface area contributed by atoms with E-state index in [1.54, 1.807) is 24.3 Å². The highest BCUT2D eigenvalue weighted by atomic mass is 16.5. The molecule has 0 spiro atoms. The quantitative estimate of drug-likeness (QED) is 0.546. The van der Waals surface area contributed by atoms with E-state index in [1.807, 2.05) is 31.2 Å². The van der Waals surface area contributed by atoms with Gasteiger partial charge in [0.1, 0.15) is 0 Å². The number of hydrogen-bond acceptors (Lipinski definition) is 4. The molecule has 6 nitrogen and oxygen atoms in total. The van der Waals surface area contributed by atoms with E-state index in [-0.39, 0.29) is 11.8 Å². The number of ether oxygens (including phenoxy) is 1. The summed E-state index contributed by atoms with van der Waals surface area (Å²) < 4.78 is 4.63. The summed E-state index contributed by atoms with van der Waals surface area (Å²) in [5.74, 6) is -0.603. The monoisotopic (exact) mass is 368 g/mol. The van der Waals surface area contributed by atoms with Crippen LogP contribution in [0.5, 0.6) is 0 Å². The Labute approximate surface area is 158 Å². The minimum atomic E-state index is -0.420. The SMILES string of the molecule is COC(=O)c1ccc(NC(=O)CCCCC(=O)Nc2ccc(C)cc2)cc1. The van der Waals surface area contributed by atoms with Crippen LogP contribution in [0.3, 0.4) is 0 Å². The van der Waals surface area contributed by atoms with Crippen LogP contribution in [-0.2, 0) is 14.3 Å². The van der Waals surface area contributed by atoms with Crippen molar-refractivity contribution >= 4 is 29.2 Å². The minimum Gasteiger partial charge on any atom is -0.465 e. The van der Waals surface area contributed by atoms with Gasteiger partial charge < -0.3 is 15.4 Å². The average Bonchev–Trinajstić information content (AvgIpc) is 2.67. The summed E-state index contributed by atoms with van der Waals surface area (Å²) in [6, 6.07) is 14.1. The van der Waals surface area contributed by atoms with Gasteiger partial charge in [-0.1, -0.05) is 17.7 Å². The zero-order valence-corrected chi connectivity index (χ0v) is 15.6. The van der Waals surface area contributed by atoms with E-state index in [2.05, 4.69) is 15.4 Å². The van der Waals surface area contributed by atoms with Crippen molar-refractivity contribution in [2.24, 2.45) is 0 Å². The second kappa shape index (κ2) is 10.1. The van der Waals surface area contributed by atoms with Crippen LogP contribution in [0.2, 0.25) is 0 Å². The molecule has 0 atom stereocenters. The Bertz CT molecular complexity index is 783. The van der Waals surface area contributed by atoms with Gasteiger partial charge in [-0.2, -0.15) is 0 Å². The summed E-state index contributed by atoms with van der Waals surface area (Å²) in [4.78, 5) is 35.2. The van der Waals surface area contributed by atoms with E-state index in [1.165, 1.54) is 7.11 Å². The normalized spacial score (nSPS) is 10.1. The number of anilines is 2. The van der Waals surface area contributed by atoms with Crippen LogP contribution in [0.4, 0.5) is 11.4 Å². The fraction of sp³-hybridized carbons (Fsp3) is 0.286. The molecule has 2 N–H and O–H groups in total. The molecule has 2 aromatic carbocycles. The van der Waals surface area contributed by atoms with Gasteiger partial charge in [0.25, 0.3) is 0 Å². The summed E-state index contributed by atoms with van der Waals surface area (Å²) in [5.41, 5.74) is 2.96. The standard InChI is InChI=1S/C21H24N2O4/c1-15-7-11-17(12-8-15)22-19(24)5-3-4-6-20(25)23-18-13-9-16(10-14-18)21(26)27-2/h7-14H,3-6H2,1-2H3,(H,22,24)(H,23,25). The summed E-state index contributed by atoms with van der Waals surface area (Å²) in [5, 5.41) is 5.61. The van der Waals surface area contributed by atoms with Gasteiger partial charge >= 0.3 is 5.97 Å². The number of benzene rings is 2. The Balaban J connectivity index is 1.66. The van der Waals surface area contributed by atoms with Crippen LogP contribution in [-0.4, -0.2) is 24.9 Å². The predicted molar refractivity (Wildman–Crippen MR) is 105 cm³/mol. The van der Waals surface area contributed by atoms with E-state index in [4.69, 9.17) is 0 Å². The summed E-state index contributed by atoms with van der Waals surface area (Å²) in [6.07, 6.45) is 1.95. The van der Waals surface area contributed by atoms with Crippen LogP contribution in [0.25, 0.3) is 0 Å². The summed E-state index contributed by atoms with van der Waals surface area (Å²) >= 11 is 0. The van der Waals surface area contributed by atoms with Gasteiger partial charge in [0, 0.05) is 24.2 Å². The lowest BCUT2D eigenvalue weighted by Gasteiger charge is -2.07. The molecule has 0 aliphatic heterocycles. The Hall–Kier alpha value is -3.15. The largest absolute Gasteiger partial charge is 0.465 e. The molecule has 0 unspecified atom stereocenters. The van der Waals surface area contributed by atoms with E-state index in [9.17, 15) is 14.4 Å². The van der Waals surface area contributed by atoms with Crippen molar-refractivity contribution in [3.05, 3.63) is 59.7 Å². The van der Waals surface area contributed by atoms with Gasteiger partial charge in [-0.25, -0.2) is 4.79 Å². The van der Waals surface area contributed by atoms with Crippen LogP contribution in [0.15, 0.2) is 48.5 Å². The Kier molecular flexibility index (Phi) is 7.55. The highest BCUT2D eigenvalue weighted by Gasteiger charge is 2.07.